The number of allylic oxidation sites excluding steroid dienone is 2. The van der Waals surface area contributed by atoms with Gasteiger partial charge in [0.05, 0.1) is 0 Å². The van der Waals surface area contributed by atoms with E-state index < -0.39 is 0 Å². The number of phenolic OH excluding ortho intramolecular Hbond substituents is 1. The van der Waals surface area contributed by atoms with Crippen LogP contribution in [0.4, 0.5) is 0 Å². The molecule has 0 aromatic heterocycles. The lowest BCUT2D eigenvalue weighted by Gasteiger charge is -2.26. The van der Waals surface area contributed by atoms with Crippen molar-refractivity contribution in [3.8, 4) is 5.75 Å². The Labute approximate surface area is 130 Å². The molecular weight excluding hydrogens is 256 g/mol. The summed E-state index contributed by atoms with van der Waals surface area (Å²) in [7, 11) is 0. The van der Waals surface area contributed by atoms with Crippen LogP contribution in [0.3, 0.4) is 0 Å². The molecule has 116 valence electrons. The van der Waals surface area contributed by atoms with Crippen molar-refractivity contribution in [1.29, 1.82) is 0 Å². The Morgan fingerprint density at radius 1 is 1.05 bits per heavy atom. The number of hydrogen-bond donors (Lipinski definition) is 1. The molecule has 0 atom stereocenters. The van der Waals surface area contributed by atoms with E-state index in [1.807, 2.05) is 12.1 Å². The molecule has 0 unspecified atom stereocenters. The fourth-order valence-corrected chi connectivity index (χ4v) is 3.38. The Morgan fingerprint density at radius 3 is 2.43 bits per heavy atom. The largest absolute Gasteiger partial charge is 0.508 e. The number of hydrogen-bond acceptors (Lipinski definition) is 1. The van der Waals surface area contributed by atoms with Crippen LogP contribution in [-0.4, -0.2) is 5.11 Å². The first-order valence-electron chi connectivity index (χ1n) is 8.72. The van der Waals surface area contributed by atoms with E-state index >= 15 is 0 Å². The summed E-state index contributed by atoms with van der Waals surface area (Å²) in [5, 5.41) is 9.27. The Kier molecular flexibility index (Phi) is 6.85. The lowest BCUT2D eigenvalue weighted by molar-refractivity contribution is 0.289. The molecule has 0 heterocycles. The van der Waals surface area contributed by atoms with E-state index in [-0.39, 0.29) is 0 Å². The Balaban J connectivity index is 1.66. The smallest absolute Gasteiger partial charge is 0.115 e. The van der Waals surface area contributed by atoms with Gasteiger partial charge in [0.1, 0.15) is 5.75 Å². The molecule has 2 rings (SSSR count). The highest BCUT2D eigenvalue weighted by molar-refractivity contribution is 5.27. The average molecular weight is 286 g/mol. The maximum atomic E-state index is 9.27. The van der Waals surface area contributed by atoms with Gasteiger partial charge in [-0.25, -0.2) is 0 Å². The molecule has 1 aromatic rings. The summed E-state index contributed by atoms with van der Waals surface area (Å²) in [5.74, 6) is 2.15. The molecular formula is C20H30O. The number of aromatic hydroxyl groups is 1. The van der Waals surface area contributed by atoms with Gasteiger partial charge in [-0.1, -0.05) is 56.9 Å². The lowest BCUT2D eigenvalue weighted by Crippen LogP contribution is -2.13. The van der Waals surface area contributed by atoms with Crippen LogP contribution < -0.4 is 0 Å². The van der Waals surface area contributed by atoms with Gasteiger partial charge in [-0.2, -0.15) is 0 Å². The van der Waals surface area contributed by atoms with Crippen molar-refractivity contribution in [2.75, 3.05) is 0 Å². The van der Waals surface area contributed by atoms with Crippen LogP contribution >= 0.6 is 0 Å². The van der Waals surface area contributed by atoms with E-state index in [1.165, 1.54) is 56.9 Å². The minimum Gasteiger partial charge on any atom is -0.508 e. The maximum Gasteiger partial charge on any atom is 0.115 e. The topological polar surface area (TPSA) is 20.2 Å². The van der Waals surface area contributed by atoms with Crippen LogP contribution in [0.2, 0.25) is 0 Å². The summed E-state index contributed by atoms with van der Waals surface area (Å²) >= 11 is 0. The van der Waals surface area contributed by atoms with Crippen molar-refractivity contribution < 1.29 is 5.11 Å². The third-order valence-corrected chi connectivity index (χ3v) is 4.81. The molecule has 1 aromatic carbocycles. The first-order valence-corrected chi connectivity index (χ1v) is 8.72. The van der Waals surface area contributed by atoms with E-state index in [9.17, 15) is 5.11 Å². The first kappa shape index (κ1) is 16.1. The molecule has 1 saturated carbocycles. The van der Waals surface area contributed by atoms with Crippen LogP contribution in [0.1, 0.15) is 63.9 Å². The molecule has 1 nitrogen and oxygen atoms in total. The number of rotatable bonds is 7. The average Bonchev–Trinajstić information content (AvgIpc) is 2.51. The van der Waals surface area contributed by atoms with E-state index in [0.29, 0.717) is 5.75 Å². The van der Waals surface area contributed by atoms with Gasteiger partial charge in [-0.05, 0) is 61.6 Å². The molecule has 0 spiro atoms. The molecule has 1 N–H and O–H groups in total. The summed E-state index contributed by atoms with van der Waals surface area (Å²) in [5.41, 5.74) is 1.28. The quantitative estimate of drug-likeness (QED) is 0.490. The molecule has 0 radical (unpaired) electrons. The predicted octanol–water partition coefficient (Wildman–Crippen LogP) is 5.88. The van der Waals surface area contributed by atoms with Gasteiger partial charge in [0.2, 0.25) is 0 Å². The third-order valence-electron chi connectivity index (χ3n) is 4.81. The summed E-state index contributed by atoms with van der Waals surface area (Å²) in [4.78, 5) is 0. The molecule has 1 aliphatic carbocycles. The van der Waals surface area contributed by atoms with Crippen molar-refractivity contribution in [3.63, 3.8) is 0 Å². The van der Waals surface area contributed by atoms with Crippen LogP contribution in [0.5, 0.6) is 5.75 Å². The van der Waals surface area contributed by atoms with Crippen molar-refractivity contribution in [1.82, 2.24) is 0 Å². The second kappa shape index (κ2) is 8.92. The molecule has 0 saturated heterocycles. The zero-order valence-corrected chi connectivity index (χ0v) is 13.4. The van der Waals surface area contributed by atoms with Crippen LogP contribution in [0, 0.1) is 11.8 Å². The Bertz CT molecular complexity index is 410. The molecule has 1 fully saturated rings. The van der Waals surface area contributed by atoms with Gasteiger partial charge in [-0.15, -0.1) is 0 Å². The molecule has 0 bridgehead atoms. The van der Waals surface area contributed by atoms with Gasteiger partial charge in [-0.3, -0.25) is 0 Å². The summed E-state index contributed by atoms with van der Waals surface area (Å²) in [6.07, 6.45) is 17.0. The summed E-state index contributed by atoms with van der Waals surface area (Å²) < 4.78 is 0. The van der Waals surface area contributed by atoms with Gasteiger partial charge in [0, 0.05) is 0 Å². The zero-order valence-electron chi connectivity index (χ0n) is 13.4. The molecule has 0 aliphatic heterocycles. The monoisotopic (exact) mass is 286 g/mol. The van der Waals surface area contributed by atoms with Gasteiger partial charge < -0.3 is 5.11 Å². The van der Waals surface area contributed by atoms with Gasteiger partial charge in [0.15, 0.2) is 0 Å². The van der Waals surface area contributed by atoms with Crippen molar-refractivity contribution in [2.24, 2.45) is 11.8 Å². The van der Waals surface area contributed by atoms with Gasteiger partial charge in [0.25, 0.3) is 0 Å². The van der Waals surface area contributed by atoms with E-state index in [2.05, 4.69) is 19.1 Å². The van der Waals surface area contributed by atoms with Gasteiger partial charge >= 0.3 is 0 Å². The molecule has 1 aliphatic rings. The second-order valence-electron chi connectivity index (χ2n) is 6.58. The van der Waals surface area contributed by atoms with E-state index in [1.54, 1.807) is 12.1 Å². The highest BCUT2D eigenvalue weighted by Crippen LogP contribution is 2.32. The van der Waals surface area contributed by atoms with Crippen LogP contribution in [0.15, 0.2) is 36.4 Å². The highest BCUT2D eigenvalue weighted by atomic mass is 16.3. The zero-order chi connectivity index (χ0) is 14.9. The Hall–Kier alpha value is -1.24. The summed E-state index contributed by atoms with van der Waals surface area (Å²) in [6, 6.07) is 7.55. The highest BCUT2D eigenvalue weighted by Gasteiger charge is 2.18. The molecule has 1 heteroatoms. The lowest BCUT2D eigenvalue weighted by atomic mass is 9.79. The van der Waals surface area contributed by atoms with E-state index in [0.717, 1.165) is 18.3 Å². The standard InChI is InChI=1S/C20H30O/c1-2-3-4-6-17-9-11-18(12-10-17)7-5-8-19-13-15-20(21)16-14-19/h5,7,13-18,21H,2-4,6,8-12H2,1H3/b7-5+. The maximum absolute atomic E-state index is 9.27. The van der Waals surface area contributed by atoms with Crippen LogP contribution in [0.25, 0.3) is 0 Å². The molecule has 0 amide bonds. The number of phenols is 1. The van der Waals surface area contributed by atoms with Crippen LogP contribution in [-0.2, 0) is 6.42 Å². The minimum atomic E-state index is 0.351. The Morgan fingerprint density at radius 2 is 1.76 bits per heavy atom. The fraction of sp³-hybridized carbons (Fsp3) is 0.600. The normalized spacial score (nSPS) is 22.7. The first-order chi connectivity index (χ1) is 10.3. The van der Waals surface area contributed by atoms with E-state index in [4.69, 9.17) is 0 Å². The minimum absolute atomic E-state index is 0.351. The predicted molar refractivity (Wildman–Crippen MR) is 90.5 cm³/mol. The summed E-state index contributed by atoms with van der Waals surface area (Å²) in [6.45, 7) is 2.29. The number of unbranched alkanes of at least 4 members (excludes halogenated alkanes) is 2. The van der Waals surface area contributed by atoms with Crippen molar-refractivity contribution in [2.45, 2.75) is 64.7 Å². The molecule has 21 heavy (non-hydrogen) atoms. The van der Waals surface area contributed by atoms with Crippen molar-refractivity contribution >= 4 is 0 Å². The third kappa shape index (κ3) is 5.95. The number of benzene rings is 1. The second-order valence-corrected chi connectivity index (χ2v) is 6.58. The fourth-order valence-electron chi connectivity index (χ4n) is 3.38. The SMILES string of the molecule is CCCCCC1CCC(/C=C/Cc2ccc(O)cc2)CC1. The van der Waals surface area contributed by atoms with Crippen molar-refractivity contribution in [3.05, 3.63) is 42.0 Å².